The number of aryl methyl sites for hydroxylation is 1. The van der Waals surface area contributed by atoms with Gasteiger partial charge >= 0.3 is 64.1 Å². The smallest absolute Gasteiger partial charge is 0 e. The number of nitrogens with zero attached hydrogens (tertiary/aromatic N) is 3. The third-order valence-electron chi connectivity index (χ3n) is 1.01. The molecular formula is C5H6N3W2-. The molecule has 0 aliphatic rings. The molecule has 0 aliphatic carbocycles. The zero-order chi connectivity index (χ0) is 6.69. The molecule has 0 unspecified atom stereocenters. The van der Waals surface area contributed by atoms with E-state index >= 15 is 0 Å². The molecule has 5 heteroatoms. The first-order valence-corrected chi connectivity index (χ1v) is 4.25. The van der Waals surface area contributed by atoms with Crippen LogP contribution < -0.4 is 0 Å². The Morgan fingerprint density at radius 2 is 2.50 bits per heavy atom. The molecule has 0 saturated heterocycles. The van der Waals surface area contributed by atoms with Gasteiger partial charge in [0, 0.05) is 21.1 Å². The Labute approximate surface area is 84.9 Å². The van der Waals surface area contributed by atoms with Gasteiger partial charge in [0.25, 0.3) is 0 Å². The van der Waals surface area contributed by atoms with Gasteiger partial charge < -0.3 is 0 Å². The van der Waals surface area contributed by atoms with Gasteiger partial charge in [0.2, 0.25) is 0 Å². The Bertz CT molecular complexity index is 208. The van der Waals surface area contributed by atoms with Crippen molar-refractivity contribution in [3.05, 3.63) is 12.2 Å². The molecule has 0 aliphatic heterocycles. The maximum atomic E-state index is 3.78. The van der Waals surface area contributed by atoms with Crippen molar-refractivity contribution in [2.24, 2.45) is 0 Å². The first kappa shape index (κ1) is 10.4. The van der Waals surface area contributed by atoms with Gasteiger partial charge in [0.15, 0.2) is 0 Å². The largest absolute Gasteiger partial charge is 0 e. The van der Waals surface area contributed by atoms with Crippen molar-refractivity contribution in [2.45, 2.75) is 13.5 Å². The predicted molar refractivity (Wildman–Crippen MR) is 29.7 cm³/mol. The molecule has 10 heavy (non-hydrogen) atoms. The molecule has 0 saturated carbocycles. The minimum atomic E-state index is 0. The van der Waals surface area contributed by atoms with Crippen molar-refractivity contribution in [3.63, 3.8) is 0 Å². The average molecular weight is 476 g/mol. The van der Waals surface area contributed by atoms with Gasteiger partial charge in [-0.15, -0.1) is 0 Å². The summed E-state index contributed by atoms with van der Waals surface area (Å²) in [5.74, 6) is 0.924. The van der Waals surface area contributed by atoms with Crippen molar-refractivity contribution < 1.29 is 40.4 Å². The minimum Gasteiger partial charge on any atom is 0 e. The van der Waals surface area contributed by atoms with Crippen LogP contribution in [0.15, 0.2) is 0 Å². The summed E-state index contributed by atoms with van der Waals surface area (Å²) in [6.45, 7) is 2.80. The zero-order valence-corrected chi connectivity index (χ0v) is 11.3. The molecule has 1 aromatic rings. The van der Waals surface area contributed by atoms with E-state index in [0.29, 0.717) is 0 Å². The molecule has 1 heterocycles. The number of hydrogen-bond donors (Lipinski definition) is 0. The summed E-state index contributed by atoms with van der Waals surface area (Å²) in [7, 11) is 0. The molecule has 0 radical (unpaired) electrons. The maximum Gasteiger partial charge on any atom is 0 e. The molecule has 0 atom stereocenters. The second-order valence-corrected chi connectivity index (χ2v) is 2.82. The summed E-state index contributed by atoms with van der Waals surface area (Å²) in [5.41, 5.74) is 0. The molecule has 1 rings (SSSR count). The van der Waals surface area contributed by atoms with Crippen molar-refractivity contribution in [3.8, 4) is 0 Å². The van der Waals surface area contributed by atoms with Crippen LogP contribution in [0, 0.1) is 13.3 Å². The SMILES string of the molecule is Cc1nn[c-]n1C[CH]=[W].[W]. The van der Waals surface area contributed by atoms with Crippen molar-refractivity contribution in [1.82, 2.24) is 14.8 Å². The van der Waals surface area contributed by atoms with Crippen molar-refractivity contribution >= 4 is 4.40 Å². The predicted octanol–water partition coefficient (Wildman–Crippen LogP) is -0.267. The fraction of sp³-hybridized carbons (Fsp3) is 0.400. The van der Waals surface area contributed by atoms with Crippen molar-refractivity contribution in [2.75, 3.05) is 0 Å². The fourth-order valence-corrected chi connectivity index (χ4v) is 1.06. The standard InChI is InChI=1S/C5H6N3.2W/c1-3-8-4-6-7-5(8)2;;/h1H,3H2,2H3;;/q-1;;. The van der Waals surface area contributed by atoms with E-state index in [0.717, 1.165) is 12.4 Å². The molecular weight excluding hydrogens is 470 g/mol. The topological polar surface area (TPSA) is 30.7 Å². The van der Waals surface area contributed by atoms with E-state index in [4.69, 9.17) is 0 Å². The minimum absolute atomic E-state index is 0. The van der Waals surface area contributed by atoms with Crippen LogP contribution in [-0.2, 0) is 47.0 Å². The van der Waals surface area contributed by atoms with Crippen LogP contribution in [0.2, 0.25) is 0 Å². The second-order valence-electron chi connectivity index (χ2n) is 1.62. The summed E-state index contributed by atoms with van der Waals surface area (Å²) in [6, 6.07) is 0. The molecule has 0 aromatic carbocycles. The van der Waals surface area contributed by atoms with Crippen LogP contribution in [0.3, 0.4) is 0 Å². The Kier molecular flexibility index (Phi) is 5.29. The summed E-state index contributed by atoms with van der Waals surface area (Å²) >= 11 is 1.46. The third kappa shape index (κ3) is 2.55. The van der Waals surface area contributed by atoms with Crippen LogP contribution in [0.4, 0.5) is 0 Å². The van der Waals surface area contributed by atoms with Gasteiger partial charge in [-0.05, 0) is 0 Å². The Morgan fingerprint density at radius 3 is 2.90 bits per heavy atom. The van der Waals surface area contributed by atoms with E-state index in [1.54, 1.807) is 0 Å². The number of hydrogen-bond acceptors (Lipinski definition) is 2. The molecule has 0 bridgehead atoms. The van der Waals surface area contributed by atoms with E-state index in [1.807, 2.05) is 11.5 Å². The number of rotatable bonds is 2. The summed E-state index contributed by atoms with van der Waals surface area (Å²) in [5, 5.41) is 7.40. The first-order chi connectivity index (χ1) is 4.34. The van der Waals surface area contributed by atoms with Gasteiger partial charge in [0.05, 0.1) is 0 Å². The van der Waals surface area contributed by atoms with Crippen LogP contribution >= 0.6 is 0 Å². The monoisotopic (exact) mass is 476 g/mol. The number of aromatic nitrogens is 3. The summed E-state index contributed by atoms with van der Waals surface area (Å²) < 4.78 is 4.00. The van der Waals surface area contributed by atoms with E-state index in [9.17, 15) is 0 Å². The molecule has 1 aromatic heterocycles. The average Bonchev–Trinajstić information content (AvgIpc) is 2.18. The van der Waals surface area contributed by atoms with Gasteiger partial charge in [-0.2, -0.15) is 0 Å². The second kappa shape index (κ2) is 5.09. The third-order valence-corrected chi connectivity index (χ3v) is 1.54. The normalized spacial score (nSPS) is 8.50. The van der Waals surface area contributed by atoms with Crippen LogP contribution in [0.25, 0.3) is 0 Å². The van der Waals surface area contributed by atoms with Crippen molar-refractivity contribution in [1.29, 1.82) is 0 Å². The van der Waals surface area contributed by atoms with E-state index < -0.39 is 0 Å². The summed E-state index contributed by atoms with van der Waals surface area (Å²) in [4.78, 5) is 0. The first-order valence-electron chi connectivity index (χ1n) is 2.55. The summed E-state index contributed by atoms with van der Waals surface area (Å²) in [6.07, 6.45) is 2.74. The molecule has 0 N–H and O–H groups in total. The zero-order valence-electron chi connectivity index (χ0n) is 5.44. The van der Waals surface area contributed by atoms with Crippen LogP contribution in [0.1, 0.15) is 5.82 Å². The fourth-order valence-electron chi connectivity index (χ4n) is 0.523. The Balaban J connectivity index is 0.000000810. The Hall–Kier alpha value is 0.387. The van der Waals surface area contributed by atoms with E-state index in [1.165, 1.54) is 19.4 Å². The van der Waals surface area contributed by atoms with Gasteiger partial charge in [-0.3, -0.25) is 0 Å². The van der Waals surface area contributed by atoms with E-state index in [-0.39, 0.29) is 21.1 Å². The molecule has 0 amide bonds. The maximum absolute atomic E-state index is 3.78. The van der Waals surface area contributed by atoms with Gasteiger partial charge in [-0.1, -0.05) is 0 Å². The quantitative estimate of drug-likeness (QED) is 0.552. The van der Waals surface area contributed by atoms with Gasteiger partial charge in [0.1, 0.15) is 0 Å². The van der Waals surface area contributed by atoms with E-state index in [2.05, 4.69) is 20.9 Å². The van der Waals surface area contributed by atoms with Crippen LogP contribution in [0.5, 0.6) is 0 Å². The molecule has 0 spiro atoms. The van der Waals surface area contributed by atoms with Crippen LogP contribution in [-0.4, -0.2) is 19.2 Å². The Morgan fingerprint density at radius 1 is 1.80 bits per heavy atom. The van der Waals surface area contributed by atoms with Gasteiger partial charge in [-0.25, -0.2) is 0 Å². The molecule has 54 valence electrons. The molecule has 0 fully saturated rings. The molecule has 3 nitrogen and oxygen atoms in total.